The molecule has 2 rings (SSSR count). The van der Waals surface area contributed by atoms with Crippen LogP contribution in [0.5, 0.6) is 0 Å². The first-order valence-electron chi connectivity index (χ1n) is 6.27. The van der Waals surface area contributed by atoms with E-state index in [4.69, 9.17) is 0 Å². The monoisotopic (exact) mass is 328 g/mol. The van der Waals surface area contributed by atoms with E-state index in [0.29, 0.717) is 17.8 Å². The maximum absolute atomic E-state index is 12.9. The first kappa shape index (κ1) is 16.5. The first-order chi connectivity index (χ1) is 10.6. The third kappa shape index (κ3) is 3.47. The number of aryl methyl sites for hydroxylation is 2. The highest BCUT2D eigenvalue weighted by Crippen LogP contribution is 2.37. The lowest BCUT2D eigenvalue weighted by Crippen LogP contribution is -2.17. The molecule has 0 saturated carbocycles. The number of halogens is 3. The summed E-state index contributed by atoms with van der Waals surface area (Å²) in [6, 6.07) is 3.73. The van der Waals surface area contributed by atoms with Crippen LogP contribution in [0.25, 0.3) is 0 Å². The Hall–Kier alpha value is -2.91. The summed E-state index contributed by atoms with van der Waals surface area (Å²) >= 11 is 0. The number of carbonyl (C=O) groups excluding carboxylic acids is 1. The number of amides is 1. The van der Waals surface area contributed by atoms with Crippen LogP contribution in [-0.2, 0) is 13.2 Å². The summed E-state index contributed by atoms with van der Waals surface area (Å²) in [7, 11) is 1.51. The third-order valence-corrected chi connectivity index (χ3v) is 2.99. The highest BCUT2D eigenvalue weighted by Gasteiger charge is 2.38. The van der Waals surface area contributed by atoms with E-state index in [1.165, 1.54) is 17.8 Å². The number of hydrogen-bond acceptors (Lipinski definition) is 4. The summed E-state index contributed by atoms with van der Waals surface area (Å²) < 4.78 is 39.9. The molecule has 122 valence electrons. The zero-order valence-electron chi connectivity index (χ0n) is 12.0. The molecule has 1 aromatic carbocycles. The van der Waals surface area contributed by atoms with Crippen molar-refractivity contribution in [2.24, 2.45) is 7.05 Å². The fourth-order valence-electron chi connectivity index (χ4n) is 2.02. The van der Waals surface area contributed by atoms with E-state index in [0.717, 1.165) is 6.07 Å². The van der Waals surface area contributed by atoms with Crippen molar-refractivity contribution < 1.29 is 22.9 Å². The molecule has 1 heterocycles. The van der Waals surface area contributed by atoms with E-state index < -0.39 is 28.3 Å². The molecule has 0 aliphatic rings. The molecule has 0 atom stereocenters. The molecule has 1 amide bonds. The number of alkyl halides is 3. The number of nitro benzene ring substituents is 1. The van der Waals surface area contributed by atoms with Gasteiger partial charge in [0.15, 0.2) is 0 Å². The highest BCUT2D eigenvalue weighted by molar-refractivity contribution is 6.03. The van der Waals surface area contributed by atoms with Crippen molar-refractivity contribution in [3.05, 3.63) is 51.3 Å². The Labute approximate surface area is 127 Å². The Kier molecular flexibility index (Phi) is 4.08. The summed E-state index contributed by atoms with van der Waals surface area (Å²) in [4.78, 5) is 21.6. The minimum absolute atomic E-state index is 0.148. The summed E-state index contributed by atoms with van der Waals surface area (Å²) in [5.41, 5.74) is -1.99. The molecule has 10 heteroatoms. The van der Waals surface area contributed by atoms with E-state index >= 15 is 0 Å². The smallest absolute Gasteiger partial charge is 0.321 e. The number of nitrogens with zero attached hydrogens (tertiary/aromatic N) is 3. The quantitative estimate of drug-likeness (QED) is 0.693. The second-order valence-electron chi connectivity index (χ2n) is 4.74. The van der Waals surface area contributed by atoms with E-state index in [1.54, 1.807) is 6.92 Å². The Morgan fingerprint density at radius 2 is 2.00 bits per heavy atom. The maximum atomic E-state index is 12.9. The van der Waals surface area contributed by atoms with Gasteiger partial charge in [-0.1, -0.05) is 0 Å². The van der Waals surface area contributed by atoms with E-state index in [-0.39, 0.29) is 11.4 Å². The zero-order chi connectivity index (χ0) is 17.4. The van der Waals surface area contributed by atoms with E-state index in [1.807, 2.05) is 0 Å². The van der Waals surface area contributed by atoms with Crippen LogP contribution in [0.1, 0.15) is 21.7 Å². The van der Waals surface area contributed by atoms with Crippen LogP contribution in [0.2, 0.25) is 0 Å². The lowest BCUT2D eigenvalue weighted by molar-refractivity contribution is -0.388. The number of hydrogen-bond donors (Lipinski definition) is 1. The van der Waals surface area contributed by atoms with Gasteiger partial charge < -0.3 is 5.32 Å². The van der Waals surface area contributed by atoms with Crippen molar-refractivity contribution in [3.63, 3.8) is 0 Å². The molecule has 0 aliphatic heterocycles. The van der Waals surface area contributed by atoms with Gasteiger partial charge in [-0.25, -0.2) is 0 Å². The van der Waals surface area contributed by atoms with Gasteiger partial charge in [-0.2, -0.15) is 18.3 Å². The highest BCUT2D eigenvalue weighted by atomic mass is 19.4. The maximum Gasteiger partial charge on any atom is 0.423 e. The van der Waals surface area contributed by atoms with Crippen LogP contribution < -0.4 is 5.32 Å². The van der Waals surface area contributed by atoms with Crippen molar-refractivity contribution >= 4 is 17.3 Å². The molecule has 0 radical (unpaired) electrons. The lowest BCUT2D eigenvalue weighted by atomic mass is 10.1. The number of carbonyl (C=O) groups is 1. The molecule has 1 N–H and O–H groups in total. The molecule has 23 heavy (non-hydrogen) atoms. The number of rotatable bonds is 3. The normalized spacial score (nSPS) is 11.3. The zero-order valence-corrected chi connectivity index (χ0v) is 12.0. The molecule has 2 aromatic rings. The Balaban J connectivity index is 2.36. The Morgan fingerprint density at radius 1 is 1.35 bits per heavy atom. The lowest BCUT2D eigenvalue weighted by Gasteiger charge is -2.10. The van der Waals surface area contributed by atoms with Crippen LogP contribution in [0.4, 0.5) is 24.5 Å². The van der Waals surface area contributed by atoms with Crippen LogP contribution in [0.15, 0.2) is 24.3 Å². The second-order valence-corrected chi connectivity index (χ2v) is 4.74. The summed E-state index contributed by atoms with van der Waals surface area (Å²) in [6.45, 7) is 1.66. The summed E-state index contributed by atoms with van der Waals surface area (Å²) in [5, 5.41) is 16.9. The standard InChI is InChI=1S/C13H11F3N4O3/c1-7-5-11(19(2)18-7)12(21)17-8-3-4-10(20(22)23)9(6-8)13(14,15)16/h3-6H,1-2H3,(H,17,21). The number of aromatic nitrogens is 2. The summed E-state index contributed by atoms with van der Waals surface area (Å²) in [6.07, 6.45) is -4.91. The van der Waals surface area contributed by atoms with Gasteiger partial charge in [0.05, 0.1) is 10.6 Å². The van der Waals surface area contributed by atoms with Crippen molar-refractivity contribution in [2.45, 2.75) is 13.1 Å². The van der Waals surface area contributed by atoms with Crippen LogP contribution >= 0.6 is 0 Å². The molecule has 0 spiro atoms. The third-order valence-electron chi connectivity index (χ3n) is 2.99. The number of nitro groups is 1. The number of anilines is 1. The van der Waals surface area contributed by atoms with Gasteiger partial charge in [-0.05, 0) is 25.1 Å². The molecule has 0 unspecified atom stereocenters. The SMILES string of the molecule is Cc1cc(C(=O)Nc2ccc([N+](=O)[O-])c(C(F)(F)F)c2)n(C)n1. The number of nitrogens with one attached hydrogen (secondary N) is 1. The fourth-order valence-corrected chi connectivity index (χ4v) is 2.02. The van der Waals surface area contributed by atoms with E-state index in [9.17, 15) is 28.1 Å². The predicted octanol–water partition coefficient (Wildman–Crippen LogP) is 2.91. The van der Waals surface area contributed by atoms with Gasteiger partial charge in [0.1, 0.15) is 11.3 Å². The van der Waals surface area contributed by atoms with E-state index in [2.05, 4.69) is 10.4 Å². The Bertz CT molecular complexity index is 783. The van der Waals surface area contributed by atoms with Gasteiger partial charge in [0.2, 0.25) is 0 Å². The fraction of sp³-hybridized carbons (Fsp3) is 0.231. The molecule has 0 fully saturated rings. The van der Waals surface area contributed by atoms with Crippen molar-refractivity contribution in [3.8, 4) is 0 Å². The molecular formula is C13H11F3N4O3. The van der Waals surface area contributed by atoms with Gasteiger partial charge in [-0.3, -0.25) is 19.6 Å². The molecule has 0 aliphatic carbocycles. The number of benzene rings is 1. The van der Waals surface area contributed by atoms with Crippen LogP contribution in [0.3, 0.4) is 0 Å². The van der Waals surface area contributed by atoms with Crippen molar-refractivity contribution in [2.75, 3.05) is 5.32 Å². The van der Waals surface area contributed by atoms with Crippen LogP contribution in [-0.4, -0.2) is 20.6 Å². The molecule has 7 nitrogen and oxygen atoms in total. The minimum Gasteiger partial charge on any atom is -0.321 e. The molecular weight excluding hydrogens is 317 g/mol. The first-order valence-corrected chi connectivity index (χ1v) is 6.27. The second kappa shape index (κ2) is 5.71. The predicted molar refractivity (Wildman–Crippen MR) is 74.0 cm³/mol. The molecule has 1 aromatic heterocycles. The van der Waals surface area contributed by atoms with Gasteiger partial charge in [0.25, 0.3) is 11.6 Å². The Morgan fingerprint density at radius 3 is 2.48 bits per heavy atom. The minimum atomic E-state index is -4.91. The summed E-state index contributed by atoms with van der Waals surface area (Å²) in [5.74, 6) is -0.671. The average molecular weight is 328 g/mol. The van der Waals surface area contributed by atoms with Crippen molar-refractivity contribution in [1.29, 1.82) is 0 Å². The molecule has 0 saturated heterocycles. The van der Waals surface area contributed by atoms with Gasteiger partial charge in [0, 0.05) is 18.8 Å². The largest absolute Gasteiger partial charge is 0.423 e. The van der Waals surface area contributed by atoms with Crippen molar-refractivity contribution in [1.82, 2.24) is 9.78 Å². The molecule has 0 bridgehead atoms. The van der Waals surface area contributed by atoms with Crippen LogP contribution in [0, 0.1) is 17.0 Å². The topological polar surface area (TPSA) is 90.1 Å². The van der Waals surface area contributed by atoms with Gasteiger partial charge >= 0.3 is 6.18 Å². The van der Waals surface area contributed by atoms with Gasteiger partial charge in [-0.15, -0.1) is 0 Å². The average Bonchev–Trinajstić information content (AvgIpc) is 2.76.